The van der Waals surface area contributed by atoms with Crippen molar-refractivity contribution in [2.75, 3.05) is 32.8 Å². The van der Waals surface area contributed by atoms with E-state index in [-0.39, 0.29) is 11.9 Å². The van der Waals surface area contributed by atoms with Crippen molar-refractivity contribution in [2.45, 2.75) is 25.8 Å². The lowest BCUT2D eigenvalue weighted by atomic mass is 9.98. The van der Waals surface area contributed by atoms with Gasteiger partial charge >= 0.3 is 0 Å². The van der Waals surface area contributed by atoms with Crippen LogP contribution in [-0.4, -0.2) is 48.8 Å². The second-order valence-electron chi connectivity index (χ2n) is 7.75. The van der Waals surface area contributed by atoms with Gasteiger partial charge in [-0.25, -0.2) is 0 Å². The van der Waals surface area contributed by atoms with E-state index >= 15 is 0 Å². The van der Waals surface area contributed by atoms with Crippen molar-refractivity contribution in [3.05, 3.63) is 64.7 Å². The maximum absolute atomic E-state index is 12.7. The third-order valence-electron chi connectivity index (χ3n) is 5.44. The number of hydrogen-bond donors (Lipinski definition) is 1. The summed E-state index contributed by atoms with van der Waals surface area (Å²) >= 11 is 1.55. The van der Waals surface area contributed by atoms with Gasteiger partial charge in [0, 0.05) is 25.7 Å². The fraction of sp³-hybridized carbons (Fsp3) is 0.391. The zero-order chi connectivity index (χ0) is 20.9. The number of carbonyl (C=O) groups is 1. The van der Waals surface area contributed by atoms with Gasteiger partial charge in [0.2, 0.25) is 0 Å². The Bertz CT molecular complexity index is 945. The van der Waals surface area contributed by atoms with E-state index in [9.17, 15) is 4.79 Å². The summed E-state index contributed by atoms with van der Waals surface area (Å²) in [6, 6.07) is 14.4. The fourth-order valence-electron chi connectivity index (χ4n) is 3.65. The predicted molar refractivity (Wildman–Crippen MR) is 118 cm³/mol. The SMILES string of the molecule is CC(C)c1ccc([C@H](CNC(=O)c2cc(-c3cccs3)on2)N2CCOCC2)cc1. The van der Waals surface area contributed by atoms with Gasteiger partial charge in [0.05, 0.1) is 24.1 Å². The standard InChI is InChI=1S/C23H27N3O3S/c1-16(2)17-5-7-18(8-6-17)20(26-9-11-28-12-10-26)15-24-23(27)19-14-21(29-25-19)22-4-3-13-30-22/h3-8,13-14,16,20H,9-12,15H2,1-2H3,(H,24,27)/t20-/m0/s1. The lowest BCUT2D eigenvalue weighted by Gasteiger charge is -2.35. The predicted octanol–water partition coefficient (Wildman–Crippen LogP) is 4.33. The van der Waals surface area contributed by atoms with Crippen molar-refractivity contribution < 1.29 is 14.1 Å². The van der Waals surface area contributed by atoms with Crippen molar-refractivity contribution in [3.63, 3.8) is 0 Å². The van der Waals surface area contributed by atoms with Gasteiger partial charge in [-0.15, -0.1) is 11.3 Å². The number of rotatable bonds is 7. The number of aromatic nitrogens is 1. The number of nitrogens with one attached hydrogen (secondary N) is 1. The molecule has 6 nitrogen and oxygen atoms in total. The average Bonchev–Trinajstić information content (AvgIpc) is 3.47. The van der Waals surface area contributed by atoms with Gasteiger partial charge < -0.3 is 14.6 Å². The van der Waals surface area contributed by atoms with Crippen LogP contribution in [0.25, 0.3) is 10.6 Å². The van der Waals surface area contributed by atoms with Crippen LogP contribution in [0.3, 0.4) is 0 Å². The molecule has 1 atom stereocenters. The largest absolute Gasteiger partial charge is 0.379 e. The van der Waals surface area contributed by atoms with Crippen LogP contribution in [0.15, 0.2) is 52.4 Å². The molecule has 1 saturated heterocycles. The minimum atomic E-state index is -0.224. The molecule has 0 spiro atoms. The van der Waals surface area contributed by atoms with Gasteiger partial charge in [-0.2, -0.15) is 0 Å². The van der Waals surface area contributed by atoms with Crippen molar-refractivity contribution in [2.24, 2.45) is 0 Å². The van der Waals surface area contributed by atoms with E-state index in [1.807, 2.05) is 17.5 Å². The Morgan fingerprint density at radius 2 is 1.90 bits per heavy atom. The minimum Gasteiger partial charge on any atom is -0.379 e. The lowest BCUT2D eigenvalue weighted by Crippen LogP contribution is -2.43. The van der Waals surface area contributed by atoms with Crippen LogP contribution < -0.4 is 5.32 Å². The maximum Gasteiger partial charge on any atom is 0.273 e. The number of nitrogens with zero attached hydrogens (tertiary/aromatic N) is 2. The molecule has 158 valence electrons. The summed E-state index contributed by atoms with van der Waals surface area (Å²) in [5.74, 6) is 0.882. The highest BCUT2D eigenvalue weighted by Crippen LogP contribution is 2.26. The Morgan fingerprint density at radius 1 is 1.17 bits per heavy atom. The van der Waals surface area contributed by atoms with E-state index in [0.717, 1.165) is 18.0 Å². The molecule has 7 heteroatoms. The topological polar surface area (TPSA) is 67.6 Å². The molecule has 2 aromatic heterocycles. The molecular weight excluding hydrogens is 398 g/mol. The summed E-state index contributed by atoms with van der Waals surface area (Å²) in [7, 11) is 0. The first kappa shape index (κ1) is 20.8. The van der Waals surface area contributed by atoms with Gasteiger partial charge in [-0.05, 0) is 28.5 Å². The van der Waals surface area contributed by atoms with Crippen LogP contribution in [0, 0.1) is 0 Å². The maximum atomic E-state index is 12.7. The molecule has 3 heterocycles. The second kappa shape index (κ2) is 9.55. The summed E-state index contributed by atoms with van der Waals surface area (Å²) < 4.78 is 10.9. The highest BCUT2D eigenvalue weighted by molar-refractivity contribution is 7.13. The third kappa shape index (κ3) is 4.80. The monoisotopic (exact) mass is 425 g/mol. The minimum absolute atomic E-state index is 0.0859. The molecule has 1 fully saturated rings. The normalized spacial score (nSPS) is 16.0. The number of amides is 1. The number of carbonyl (C=O) groups excluding carboxylic acids is 1. The summed E-state index contributed by atoms with van der Waals surface area (Å²) in [6.07, 6.45) is 0. The molecule has 0 unspecified atom stereocenters. The van der Waals surface area contributed by atoms with Crippen LogP contribution in [0.5, 0.6) is 0 Å². The molecule has 1 aliphatic heterocycles. The molecule has 4 rings (SSSR count). The van der Waals surface area contributed by atoms with Crippen molar-refractivity contribution in [3.8, 4) is 10.6 Å². The van der Waals surface area contributed by atoms with Gasteiger partial charge in [0.15, 0.2) is 11.5 Å². The number of benzene rings is 1. The Hall–Kier alpha value is -2.48. The molecule has 0 aliphatic carbocycles. The van der Waals surface area contributed by atoms with E-state index in [1.54, 1.807) is 17.4 Å². The van der Waals surface area contributed by atoms with Gasteiger partial charge in [-0.1, -0.05) is 49.3 Å². The number of thiophene rings is 1. The molecule has 3 aromatic rings. The van der Waals surface area contributed by atoms with Gasteiger partial charge in [-0.3, -0.25) is 9.69 Å². The second-order valence-corrected chi connectivity index (χ2v) is 8.70. The first-order chi connectivity index (χ1) is 14.6. The van der Waals surface area contributed by atoms with E-state index in [1.165, 1.54) is 11.1 Å². The molecule has 1 N–H and O–H groups in total. The Balaban J connectivity index is 1.46. The lowest BCUT2D eigenvalue weighted by molar-refractivity contribution is 0.0162. The van der Waals surface area contributed by atoms with Crippen molar-refractivity contribution in [1.82, 2.24) is 15.4 Å². The summed E-state index contributed by atoms with van der Waals surface area (Å²) in [6.45, 7) is 8.00. The summed E-state index contributed by atoms with van der Waals surface area (Å²) in [5, 5.41) is 8.97. The Kier molecular flexibility index (Phi) is 6.62. The first-order valence-electron chi connectivity index (χ1n) is 10.3. The van der Waals surface area contributed by atoms with E-state index in [2.05, 4.69) is 53.5 Å². The zero-order valence-electron chi connectivity index (χ0n) is 17.3. The van der Waals surface area contributed by atoms with Crippen LogP contribution in [0.1, 0.15) is 47.4 Å². The molecule has 0 radical (unpaired) electrons. The first-order valence-corrected chi connectivity index (χ1v) is 11.2. The number of morpholine rings is 1. The summed E-state index contributed by atoms with van der Waals surface area (Å²) in [4.78, 5) is 16.0. The summed E-state index contributed by atoms with van der Waals surface area (Å²) in [5.41, 5.74) is 2.81. The van der Waals surface area contributed by atoms with Gasteiger partial charge in [0.25, 0.3) is 5.91 Å². The molecule has 30 heavy (non-hydrogen) atoms. The fourth-order valence-corrected chi connectivity index (χ4v) is 4.32. The van der Waals surface area contributed by atoms with Crippen molar-refractivity contribution in [1.29, 1.82) is 0 Å². The van der Waals surface area contributed by atoms with Crippen LogP contribution in [0.4, 0.5) is 0 Å². The molecule has 0 bridgehead atoms. The van der Waals surface area contributed by atoms with E-state index in [0.29, 0.717) is 37.1 Å². The molecule has 1 aliphatic rings. The quantitative estimate of drug-likeness (QED) is 0.610. The highest BCUT2D eigenvalue weighted by Gasteiger charge is 2.24. The molecule has 1 amide bonds. The molecule has 1 aromatic carbocycles. The molecule has 0 saturated carbocycles. The Labute approximate surface area is 180 Å². The number of hydrogen-bond acceptors (Lipinski definition) is 6. The smallest absolute Gasteiger partial charge is 0.273 e. The average molecular weight is 426 g/mol. The van der Waals surface area contributed by atoms with Crippen LogP contribution in [0.2, 0.25) is 0 Å². The van der Waals surface area contributed by atoms with Crippen molar-refractivity contribution >= 4 is 17.2 Å². The van der Waals surface area contributed by atoms with E-state index < -0.39 is 0 Å². The highest BCUT2D eigenvalue weighted by atomic mass is 32.1. The Morgan fingerprint density at radius 3 is 2.57 bits per heavy atom. The zero-order valence-corrected chi connectivity index (χ0v) is 18.2. The molecular formula is C23H27N3O3S. The number of ether oxygens (including phenoxy) is 1. The van der Waals surface area contributed by atoms with E-state index in [4.69, 9.17) is 9.26 Å². The van der Waals surface area contributed by atoms with Crippen LogP contribution >= 0.6 is 11.3 Å². The third-order valence-corrected chi connectivity index (χ3v) is 6.32. The van der Waals surface area contributed by atoms with Crippen LogP contribution in [-0.2, 0) is 4.74 Å². The van der Waals surface area contributed by atoms with Gasteiger partial charge in [0.1, 0.15) is 0 Å².